The van der Waals surface area contributed by atoms with Gasteiger partial charge in [-0.3, -0.25) is 9.59 Å². The van der Waals surface area contributed by atoms with Gasteiger partial charge in [0, 0.05) is 25.3 Å². The first kappa shape index (κ1) is 18.7. The number of aromatic nitrogens is 2. The molecule has 2 aliphatic heterocycles. The Balaban J connectivity index is 1.60. The third-order valence-corrected chi connectivity index (χ3v) is 5.70. The minimum absolute atomic E-state index is 0.0871. The van der Waals surface area contributed by atoms with Gasteiger partial charge >= 0.3 is 0 Å². The van der Waals surface area contributed by atoms with E-state index in [2.05, 4.69) is 17.2 Å². The lowest BCUT2D eigenvalue weighted by molar-refractivity contribution is 0.0678. The van der Waals surface area contributed by atoms with Crippen LogP contribution in [-0.4, -0.2) is 39.4 Å². The van der Waals surface area contributed by atoms with Crippen LogP contribution in [0.1, 0.15) is 59.4 Å². The van der Waals surface area contributed by atoms with E-state index >= 15 is 0 Å². The van der Waals surface area contributed by atoms with Gasteiger partial charge in [0.1, 0.15) is 5.82 Å². The zero-order chi connectivity index (χ0) is 19.7. The Kier molecular flexibility index (Phi) is 5.15. The first-order valence-electron chi connectivity index (χ1n) is 9.98. The van der Waals surface area contributed by atoms with Crippen molar-refractivity contribution < 1.29 is 14.0 Å². The van der Waals surface area contributed by atoms with Gasteiger partial charge in [-0.05, 0) is 62.3 Å². The second-order valence-electron chi connectivity index (χ2n) is 7.78. The van der Waals surface area contributed by atoms with Crippen molar-refractivity contribution in [2.24, 2.45) is 5.92 Å². The summed E-state index contributed by atoms with van der Waals surface area (Å²) in [5, 5.41) is 2.77. The first-order chi connectivity index (χ1) is 13.5. The number of carbonyl (C=O) groups excluding carboxylic acids is 2. The minimum atomic E-state index is -0.360. The van der Waals surface area contributed by atoms with Gasteiger partial charge in [-0.2, -0.15) is 0 Å². The van der Waals surface area contributed by atoms with Crippen LogP contribution in [0.5, 0.6) is 0 Å². The summed E-state index contributed by atoms with van der Waals surface area (Å²) in [5.74, 6) is 0.198. The van der Waals surface area contributed by atoms with Gasteiger partial charge in [-0.1, -0.05) is 6.92 Å². The number of hydrogen-bond donors (Lipinski definition) is 1. The molecule has 0 atom stereocenters. The summed E-state index contributed by atoms with van der Waals surface area (Å²) in [6.45, 7) is 4.38. The molecule has 1 saturated heterocycles. The fourth-order valence-electron chi connectivity index (χ4n) is 3.96. The van der Waals surface area contributed by atoms with Crippen molar-refractivity contribution in [3.63, 3.8) is 0 Å². The fourth-order valence-corrected chi connectivity index (χ4v) is 3.96. The molecule has 3 heterocycles. The molecule has 28 heavy (non-hydrogen) atoms. The van der Waals surface area contributed by atoms with Crippen molar-refractivity contribution in [1.29, 1.82) is 0 Å². The number of hydrogen-bond acceptors (Lipinski definition) is 3. The Morgan fingerprint density at radius 2 is 1.82 bits per heavy atom. The van der Waals surface area contributed by atoms with E-state index in [1.807, 2.05) is 9.47 Å². The molecular formula is C21H25FN4O2. The van der Waals surface area contributed by atoms with Crippen molar-refractivity contribution in [1.82, 2.24) is 14.5 Å². The first-order valence-corrected chi connectivity index (χ1v) is 9.98. The molecule has 0 spiro atoms. The van der Waals surface area contributed by atoms with Gasteiger partial charge in [0.2, 0.25) is 0 Å². The maximum absolute atomic E-state index is 13.1. The van der Waals surface area contributed by atoms with E-state index in [0.29, 0.717) is 29.7 Å². The number of amides is 2. The highest BCUT2D eigenvalue weighted by atomic mass is 19.1. The van der Waals surface area contributed by atoms with Crippen LogP contribution in [0.15, 0.2) is 24.3 Å². The van der Waals surface area contributed by atoms with Crippen LogP contribution in [0.2, 0.25) is 0 Å². The number of likely N-dealkylation sites (tertiary alicyclic amines) is 1. The molecule has 0 saturated carbocycles. The average Bonchev–Trinajstić information content (AvgIpc) is 3.10. The Morgan fingerprint density at radius 1 is 1.11 bits per heavy atom. The Bertz CT molecular complexity index is 883. The summed E-state index contributed by atoms with van der Waals surface area (Å²) in [7, 11) is 0. The molecule has 1 aromatic carbocycles. The molecular weight excluding hydrogens is 359 g/mol. The molecule has 7 heteroatoms. The lowest BCUT2D eigenvalue weighted by Crippen LogP contribution is -2.39. The number of piperidine rings is 1. The maximum Gasteiger partial charge on any atom is 0.289 e. The lowest BCUT2D eigenvalue weighted by Gasteiger charge is -2.30. The van der Waals surface area contributed by atoms with Crippen LogP contribution < -0.4 is 5.32 Å². The van der Waals surface area contributed by atoms with Crippen molar-refractivity contribution in [2.45, 2.75) is 45.6 Å². The predicted molar refractivity (Wildman–Crippen MR) is 104 cm³/mol. The number of imidazole rings is 1. The molecule has 2 amide bonds. The van der Waals surface area contributed by atoms with E-state index in [1.54, 1.807) is 0 Å². The van der Waals surface area contributed by atoms with Crippen molar-refractivity contribution in [2.75, 3.05) is 18.4 Å². The molecule has 0 aliphatic carbocycles. The average molecular weight is 384 g/mol. The van der Waals surface area contributed by atoms with Crippen LogP contribution in [0.3, 0.4) is 0 Å². The van der Waals surface area contributed by atoms with E-state index in [4.69, 9.17) is 0 Å². The number of benzene rings is 1. The highest BCUT2D eigenvalue weighted by Crippen LogP contribution is 2.25. The van der Waals surface area contributed by atoms with E-state index in [1.165, 1.54) is 24.3 Å². The van der Waals surface area contributed by atoms with Gasteiger partial charge in [0.25, 0.3) is 11.8 Å². The molecule has 1 N–H and O–H groups in total. The molecule has 1 fully saturated rings. The monoisotopic (exact) mass is 384 g/mol. The molecule has 0 bridgehead atoms. The third kappa shape index (κ3) is 3.66. The third-order valence-electron chi connectivity index (χ3n) is 5.70. The summed E-state index contributed by atoms with van der Waals surface area (Å²) in [4.78, 5) is 32.2. The van der Waals surface area contributed by atoms with Crippen molar-refractivity contribution >= 4 is 17.5 Å². The Labute approximate surface area is 163 Å². The van der Waals surface area contributed by atoms with Crippen LogP contribution in [0.25, 0.3) is 0 Å². The van der Waals surface area contributed by atoms with Gasteiger partial charge < -0.3 is 14.8 Å². The number of rotatable bonds is 3. The zero-order valence-electron chi connectivity index (χ0n) is 16.1. The van der Waals surface area contributed by atoms with Crippen molar-refractivity contribution in [3.05, 3.63) is 47.3 Å². The molecule has 4 rings (SSSR count). The topological polar surface area (TPSA) is 67.2 Å². The highest BCUT2D eigenvalue weighted by Gasteiger charge is 2.31. The second-order valence-corrected chi connectivity index (χ2v) is 7.78. The largest absolute Gasteiger partial charge is 0.336 e. The van der Waals surface area contributed by atoms with Gasteiger partial charge in [0.15, 0.2) is 11.5 Å². The molecule has 6 nitrogen and oxygen atoms in total. The molecule has 148 valence electrons. The van der Waals surface area contributed by atoms with Crippen molar-refractivity contribution in [3.8, 4) is 0 Å². The fraction of sp³-hybridized carbons (Fsp3) is 0.476. The van der Waals surface area contributed by atoms with E-state index in [-0.39, 0.29) is 17.6 Å². The summed E-state index contributed by atoms with van der Waals surface area (Å²) in [6.07, 6.45) is 4.66. The number of fused-ring (bicyclic) bond motifs is 1. The predicted octanol–water partition coefficient (Wildman–Crippen LogP) is 3.48. The molecule has 0 radical (unpaired) electrons. The number of nitrogens with zero attached hydrogens (tertiary/aromatic N) is 3. The number of halogens is 1. The zero-order valence-corrected chi connectivity index (χ0v) is 16.1. The van der Waals surface area contributed by atoms with Crippen LogP contribution in [0, 0.1) is 11.7 Å². The minimum Gasteiger partial charge on any atom is -0.336 e. The number of anilines is 1. The quantitative estimate of drug-likeness (QED) is 0.881. The Hall–Kier alpha value is -2.70. The van der Waals surface area contributed by atoms with Crippen LogP contribution >= 0.6 is 0 Å². The van der Waals surface area contributed by atoms with Crippen LogP contribution in [0.4, 0.5) is 10.1 Å². The summed E-state index contributed by atoms with van der Waals surface area (Å²) >= 11 is 0. The lowest BCUT2D eigenvalue weighted by atomic mass is 9.99. The summed E-state index contributed by atoms with van der Waals surface area (Å²) in [5.41, 5.74) is 1.62. The SMILES string of the molecule is CC1CCN(C(=O)c2nc(C(=O)Nc3ccc(F)cc3)c3n2CCCC3)CC1. The van der Waals surface area contributed by atoms with Gasteiger partial charge in [-0.25, -0.2) is 9.37 Å². The van der Waals surface area contributed by atoms with Gasteiger partial charge in [-0.15, -0.1) is 0 Å². The van der Waals surface area contributed by atoms with E-state index in [0.717, 1.165) is 50.9 Å². The number of nitrogens with one attached hydrogen (secondary N) is 1. The second kappa shape index (κ2) is 7.73. The van der Waals surface area contributed by atoms with E-state index in [9.17, 15) is 14.0 Å². The van der Waals surface area contributed by atoms with E-state index < -0.39 is 0 Å². The Morgan fingerprint density at radius 3 is 2.54 bits per heavy atom. The molecule has 2 aromatic rings. The summed E-state index contributed by atoms with van der Waals surface area (Å²) in [6, 6.07) is 5.61. The number of carbonyl (C=O) groups is 2. The van der Waals surface area contributed by atoms with Gasteiger partial charge in [0.05, 0.1) is 5.69 Å². The maximum atomic E-state index is 13.1. The smallest absolute Gasteiger partial charge is 0.289 e. The molecule has 0 unspecified atom stereocenters. The normalized spacial score (nSPS) is 17.3. The van der Waals surface area contributed by atoms with Crippen LogP contribution in [-0.2, 0) is 13.0 Å². The standard InChI is InChI=1S/C21H25FN4O2/c1-14-9-12-25(13-10-14)21(28)19-24-18(17-4-2-3-11-26(17)19)20(27)23-16-7-5-15(22)6-8-16/h5-8,14H,2-4,9-13H2,1H3,(H,23,27). The highest BCUT2D eigenvalue weighted by molar-refractivity contribution is 6.05. The molecule has 2 aliphatic rings. The molecule has 1 aromatic heterocycles. The summed E-state index contributed by atoms with van der Waals surface area (Å²) < 4.78 is 15.0.